The number of carboxylic acids is 1. The predicted molar refractivity (Wildman–Crippen MR) is 74.9 cm³/mol. The number of rotatable bonds is 2. The molecule has 2 aromatic heterocycles. The average Bonchev–Trinajstić information content (AvgIpc) is 2.90. The van der Waals surface area contributed by atoms with Gasteiger partial charge in [0.25, 0.3) is 0 Å². The molecular weight excluding hydrogens is 275 g/mol. The van der Waals surface area contributed by atoms with Gasteiger partial charge in [0.1, 0.15) is 28.7 Å². The van der Waals surface area contributed by atoms with E-state index in [0.29, 0.717) is 17.1 Å². The van der Waals surface area contributed by atoms with Gasteiger partial charge in [0, 0.05) is 5.56 Å². The lowest BCUT2D eigenvalue weighted by Gasteiger charge is -1.95. The maximum atomic E-state index is 13.5. The van der Waals surface area contributed by atoms with E-state index in [4.69, 9.17) is 9.52 Å². The molecule has 0 unspecified atom stereocenters. The Kier molecular flexibility index (Phi) is 2.83. The van der Waals surface area contributed by atoms with Crippen molar-refractivity contribution >= 4 is 17.0 Å². The highest BCUT2D eigenvalue weighted by atomic mass is 19.1. The molecule has 0 radical (unpaired) electrons. The number of carbonyl (C=O) groups is 1. The summed E-state index contributed by atoms with van der Waals surface area (Å²) in [5.41, 5.74) is 2.11. The molecule has 6 heteroatoms. The zero-order chi connectivity index (χ0) is 15.3. The van der Waals surface area contributed by atoms with E-state index >= 15 is 0 Å². The van der Waals surface area contributed by atoms with Crippen molar-refractivity contribution in [3.8, 4) is 11.4 Å². The number of imidazole rings is 1. The summed E-state index contributed by atoms with van der Waals surface area (Å²) in [5.74, 6) is 0.0974. The Hall–Kier alpha value is -2.63. The van der Waals surface area contributed by atoms with Crippen LogP contribution in [0.4, 0.5) is 4.39 Å². The van der Waals surface area contributed by atoms with Gasteiger partial charge in [-0.15, -0.1) is 0 Å². The topological polar surface area (TPSA) is 79.1 Å². The van der Waals surface area contributed by atoms with Gasteiger partial charge in [0.05, 0.1) is 16.6 Å². The summed E-state index contributed by atoms with van der Waals surface area (Å²) in [4.78, 5) is 18.5. The third-order valence-corrected chi connectivity index (χ3v) is 3.58. The maximum Gasteiger partial charge on any atom is 0.338 e. The lowest BCUT2D eigenvalue weighted by molar-refractivity contribution is 0.0698. The number of aryl methyl sites for hydroxylation is 2. The number of benzene rings is 1. The second kappa shape index (κ2) is 4.44. The van der Waals surface area contributed by atoms with Crippen LogP contribution in [0.25, 0.3) is 22.4 Å². The third kappa shape index (κ3) is 1.99. The number of aromatic carboxylic acids is 1. The van der Waals surface area contributed by atoms with Crippen molar-refractivity contribution in [2.24, 2.45) is 0 Å². The van der Waals surface area contributed by atoms with Crippen LogP contribution in [0.2, 0.25) is 0 Å². The van der Waals surface area contributed by atoms with Crippen molar-refractivity contribution in [2.45, 2.75) is 20.8 Å². The van der Waals surface area contributed by atoms with Crippen LogP contribution in [0.15, 0.2) is 16.5 Å². The molecule has 1 aromatic carbocycles. The Morgan fingerprint density at radius 2 is 2.00 bits per heavy atom. The fourth-order valence-corrected chi connectivity index (χ4v) is 2.51. The molecule has 5 nitrogen and oxygen atoms in total. The largest absolute Gasteiger partial charge is 0.478 e. The Labute approximate surface area is 119 Å². The van der Waals surface area contributed by atoms with Gasteiger partial charge in [-0.1, -0.05) is 0 Å². The summed E-state index contributed by atoms with van der Waals surface area (Å²) in [6.07, 6.45) is 0. The quantitative estimate of drug-likeness (QED) is 0.755. The highest BCUT2D eigenvalue weighted by Gasteiger charge is 2.20. The summed E-state index contributed by atoms with van der Waals surface area (Å²) in [6, 6.07) is 2.20. The second-order valence-electron chi connectivity index (χ2n) is 4.95. The molecule has 21 heavy (non-hydrogen) atoms. The Bertz CT molecular complexity index is 877. The van der Waals surface area contributed by atoms with Gasteiger partial charge in [-0.3, -0.25) is 0 Å². The lowest BCUT2D eigenvalue weighted by atomic mass is 10.1. The van der Waals surface area contributed by atoms with Gasteiger partial charge in [0.15, 0.2) is 0 Å². The van der Waals surface area contributed by atoms with Crippen LogP contribution < -0.4 is 0 Å². The lowest BCUT2D eigenvalue weighted by Crippen LogP contribution is -1.98. The summed E-state index contributed by atoms with van der Waals surface area (Å²) in [5, 5.41) is 9.16. The monoisotopic (exact) mass is 288 g/mol. The van der Waals surface area contributed by atoms with Crippen molar-refractivity contribution in [3.63, 3.8) is 0 Å². The van der Waals surface area contributed by atoms with Crippen molar-refractivity contribution in [2.75, 3.05) is 0 Å². The number of halogens is 1. The summed E-state index contributed by atoms with van der Waals surface area (Å²) in [7, 11) is 0. The zero-order valence-corrected chi connectivity index (χ0v) is 11.7. The predicted octanol–water partition coefficient (Wildman–Crippen LogP) is 3.59. The Balaban J connectivity index is 2.31. The molecule has 3 aromatic rings. The summed E-state index contributed by atoms with van der Waals surface area (Å²) < 4.78 is 19.0. The van der Waals surface area contributed by atoms with E-state index < -0.39 is 11.8 Å². The molecular formula is C15H13FN2O3. The number of H-pyrrole nitrogens is 1. The molecule has 0 saturated carbocycles. The number of hydrogen-bond donors (Lipinski definition) is 2. The van der Waals surface area contributed by atoms with Crippen molar-refractivity contribution < 1.29 is 18.7 Å². The zero-order valence-electron chi connectivity index (χ0n) is 11.7. The number of hydrogen-bond acceptors (Lipinski definition) is 3. The van der Waals surface area contributed by atoms with Crippen molar-refractivity contribution in [3.05, 3.63) is 40.6 Å². The van der Waals surface area contributed by atoms with Crippen LogP contribution in [0.1, 0.15) is 27.4 Å². The number of fused-ring (bicyclic) bond motifs is 1. The van der Waals surface area contributed by atoms with Crippen molar-refractivity contribution in [1.82, 2.24) is 9.97 Å². The second-order valence-corrected chi connectivity index (χ2v) is 4.95. The molecule has 0 amide bonds. The number of carboxylic acid groups (broad SMARTS) is 1. The van der Waals surface area contributed by atoms with Gasteiger partial charge in [0.2, 0.25) is 0 Å². The van der Waals surface area contributed by atoms with E-state index in [9.17, 15) is 9.18 Å². The molecule has 3 rings (SSSR count). The van der Waals surface area contributed by atoms with Crippen LogP contribution in [0.3, 0.4) is 0 Å². The minimum absolute atomic E-state index is 0.164. The van der Waals surface area contributed by atoms with Gasteiger partial charge >= 0.3 is 5.97 Å². The number of furan rings is 1. The fraction of sp³-hybridized carbons (Fsp3) is 0.200. The molecule has 0 atom stereocenters. The van der Waals surface area contributed by atoms with E-state index in [-0.39, 0.29) is 11.1 Å². The SMILES string of the molecule is Cc1oc(C)c(-c2nc3c(C(=O)O)cc(F)cc3[nH]2)c1C. The first kappa shape index (κ1) is 13.4. The van der Waals surface area contributed by atoms with Gasteiger partial charge in [-0.25, -0.2) is 14.2 Å². The first-order valence-corrected chi connectivity index (χ1v) is 6.38. The smallest absolute Gasteiger partial charge is 0.338 e. The van der Waals surface area contributed by atoms with Crippen LogP contribution in [-0.4, -0.2) is 21.0 Å². The van der Waals surface area contributed by atoms with Crippen LogP contribution in [0.5, 0.6) is 0 Å². The normalized spacial score (nSPS) is 11.2. The highest BCUT2D eigenvalue weighted by Crippen LogP contribution is 2.31. The molecule has 2 N–H and O–H groups in total. The number of aromatic amines is 1. The van der Waals surface area contributed by atoms with Crippen LogP contribution in [-0.2, 0) is 0 Å². The Morgan fingerprint density at radius 3 is 2.57 bits per heavy atom. The number of nitrogens with zero attached hydrogens (tertiary/aromatic N) is 1. The van der Waals surface area contributed by atoms with E-state index in [2.05, 4.69) is 9.97 Å². The van der Waals surface area contributed by atoms with Crippen LogP contribution in [0, 0.1) is 26.6 Å². The maximum absolute atomic E-state index is 13.5. The molecule has 0 aliphatic heterocycles. The highest BCUT2D eigenvalue weighted by molar-refractivity contribution is 6.01. The molecule has 0 saturated heterocycles. The van der Waals surface area contributed by atoms with Gasteiger partial charge < -0.3 is 14.5 Å². The standard InChI is InChI=1S/C15H13FN2O3/c1-6-7(2)21-8(3)12(6)14-17-11-5-9(16)4-10(15(19)20)13(11)18-14/h4-5H,1-3H3,(H,17,18)(H,19,20). The molecule has 0 spiro atoms. The van der Waals surface area contributed by atoms with Gasteiger partial charge in [-0.2, -0.15) is 0 Å². The molecule has 2 heterocycles. The molecule has 0 fully saturated rings. The average molecular weight is 288 g/mol. The first-order valence-electron chi connectivity index (χ1n) is 6.38. The molecule has 0 aliphatic rings. The van der Waals surface area contributed by atoms with Crippen LogP contribution >= 0.6 is 0 Å². The third-order valence-electron chi connectivity index (χ3n) is 3.58. The summed E-state index contributed by atoms with van der Waals surface area (Å²) in [6.45, 7) is 5.55. The minimum atomic E-state index is -1.21. The number of nitrogens with one attached hydrogen (secondary N) is 1. The van der Waals surface area contributed by atoms with Crippen molar-refractivity contribution in [1.29, 1.82) is 0 Å². The van der Waals surface area contributed by atoms with Gasteiger partial charge in [-0.05, 0) is 32.9 Å². The van der Waals surface area contributed by atoms with E-state index in [1.54, 1.807) is 6.92 Å². The first-order chi connectivity index (χ1) is 9.88. The minimum Gasteiger partial charge on any atom is -0.478 e. The molecule has 0 bridgehead atoms. The Morgan fingerprint density at radius 1 is 1.29 bits per heavy atom. The van der Waals surface area contributed by atoms with E-state index in [1.165, 1.54) is 6.07 Å². The molecule has 0 aliphatic carbocycles. The van der Waals surface area contributed by atoms with E-state index in [1.807, 2.05) is 13.8 Å². The number of aromatic nitrogens is 2. The summed E-state index contributed by atoms with van der Waals surface area (Å²) >= 11 is 0. The molecule has 108 valence electrons. The van der Waals surface area contributed by atoms with E-state index in [0.717, 1.165) is 23.0 Å². The fourth-order valence-electron chi connectivity index (χ4n) is 2.51.